The summed E-state index contributed by atoms with van der Waals surface area (Å²) >= 11 is 0. The molecule has 7 nitrogen and oxygen atoms in total. The van der Waals surface area contributed by atoms with Crippen molar-refractivity contribution >= 4 is 11.9 Å². The van der Waals surface area contributed by atoms with Crippen molar-refractivity contribution in [2.45, 2.75) is 72.0 Å². The number of carbonyl (C=O) groups excluding carboxylic acids is 2. The van der Waals surface area contributed by atoms with Crippen LogP contribution in [-0.2, 0) is 17.9 Å². The summed E-state index contributed by atoms with van der Waals surface area (Å²) in [5.74, 6) is 0.565. The Balaban J connectivity index is 1.64. The van der Waals surface area contributed by atoms with E-state index in [4.69, 9.17) is 0 Å². The number of carbonyl (C=O) groups is 2. The summed E-state index contributed by atoms with van der Waals surface area (Å²) in [5, 5.41) is 10.0. The predicted octanol–water partition coefficient (Wildman–Crippen LogP) is 2.44. The number of amides is 3. The van der Waals surface area contributed by atoms with E-state index >= 15 is 0 Å². The van der Waals surface area contributed by atoms with Crippen LogP contribution in [0.4, 0.5) is 4.79 Å². The third-order valence-electron chi connectivity index (χ3n) is 6.14. The molecular formula is C20H33N5O2. The standard InChI is InChI=1S/C20H33N5O2/c1-5-25-13-16(15(4)23-25)12-24-10-7-17(8-11-24)20(9-6-14(2)3)18(26)21-19(27)22-20/h13-14,17H,5-12H2,1-4H3,(H2,21,22,26,27)/t20-/m0/s1. The molecule has 0 saturated carbocycles. The lowest BCUT2D eigenvalue weighted by Gasteiger charge is -2.41. The Labute approximate surface area is 161 Å². The molecule has 1 atom stereocenters. The van der Waals surface area contributed by atoms with Gasteiger partial charge in [-0.3, -0.25) is 19.7 Å². The summed E-state index contributed by atoms with van der Waals surface area (Å²) < 4.78 is 1.98. The summed E-state index contributed by atoms with van der Waals surface area (Å²) in [5.41, 5.74) is 1.64. The van der Waals surface area contributed by atoms with E-state index in [0.29, 0.717) is 5.92 Å². The highest BCUT2D eigenvalue weighted by Crippen LogP contribution is 2.35. The Kier molecular flexibility index (Phi) is 5.89. The number of piperidine rings is 1. The maximum Gasteiger partial charge on any atom is 0.322 e. The van der Waals surface area contributed by atoms with Crippen molar-refractivity contribution in [1.29, 1.82) is 0 Å². The lowest BCUT2D eigenvalue weighted by Crippen LogP contribution is -2.56. The Hall–Kier alpha value is -1.89. The molecule has 2 aliphatic heterocycles. The lowest BCUT2D eigenvalue weighted by molar-refractivity contribution is -0.127. The normalized spacial score (nSPS) is 24.5. The molecule has 0 aliphatic carbocycles. The molecule has 0 radical (unpaired) electrons. The van der Waals surface area contributed by atoms with Crippen molar-refractivity contribution in [3.8, 4) is 0 Å². The predicted molar refractivity (Wildman–Crippen MR) is 104 cm³/mol. The molecule has 27 heavy (non-hydrogen) atoms. The van der Waals surface area contributed by atoms with Crippen molar-refractivity contribution in [3.05, 3.63) is 17.5 Å². The lowest BCUT2D eigenvalue weighted by atomic mass is 9.74. The van der Waals surface area contributed by atoms with E-state index in [2.05, 4.69) is 54.5 Å². The summed E-state index contributed by atoms with van der Waals surface area (Å²) in [6.45, 7) is 12.1. The van der Waals surface area contributed by atoms with Crippen LogP contribution in [0.25, 0.3) is 0 Å². The molecule has 0 unspecified atom stereocenters. The topological polar surface area (TPSA) is 79.3 Å². The molecule has 3 amide bonds. The second kappa shape index (κ2) is 8.00. The van der Waals surface area contributed by atoms with E-state index in [0.717, 1.165) is 57.6 Å². The Morgan fingerprint density at radius 2 is 2.00 bits per heavy atom. The number of hydrogen-bond donors (Lipinski definition) is 2. The molecule has 2 N–H and O–H groups in total. The summed E-state index contributed by atoms with van der Waals surface area (Å²) in [6, 6.07) is -0.339. The fraction of sp³-hybridized carbons (Fsp3) is 0.750. The van der Waals surface area contributed by atoms with Crippen LogP contribution in [0.2, 0.25) is 0 Å². The minimum Gasteiger partial charge on any atom is -0.323 e. The highest BCUT2D eigenvalue weighted by molar-refractivity contribution is 6.07. The second-order valence-electron chi connectivity index (χ2n) is 8.46. The minimum absolute atomic E-state index is 0.133. The average Bonchev–Trinajstić information content (AvgIpc) is 3.13. The van der Waals surface area contributed by atoms with Gasteiger partial charge in [-0.05, 0) is 64.5 Å². The minimum atomic E-state index is -0.726. The van der Waals surface area contributed by atoms with Crippen LogP contribution >= 0.6 is 0 Å². The van der Waals surface area contributed by atoms with Gasteiger partial charge in [0.15, 0.2) is 0 Å². The maximum absolute atomic E-state index is 12.7. The molecule has 3 heterocycles. The zero-order chi connectivity index (χ0) is 19.6. The summed E-state index contributed by atoms with van der Waals surface area (Å²) in [4.78, 5) is 27.0. The van der Waals surface area contributed by atoms with Gasteiger partial charge in [0.2, 0.25) is 0 Å². The number of aryl methyl sites for hydroxylation is 2. The molecule has 150 valence electrons. The van der Waals surface area contributed by atoms with Gasteiger partial charge in [0.25, 0.3) is 5.91 Å². The van der Waals surface area contributed by atoms with Crippen molar-refractivity contribution in [2.24, 2.45) is 11.8 Å². The zero-order valence-corrected chi connectivity index (χ0v) is 17.0. The van der Waals surface area contributed by atoms with E-state index < -0.39 is 5.54 Å². The maximum atomic E-state index is 12.7. The Bertz CT molecular complexity index is 691. The third kappa shape index (κ3) is 4.18. The quantitative estimate of drug-likeness (QED) is 0.718. The molecule has 7 heteroatoms. The van der Waals surface area contributed by atoms with Crippen LogP contribution in [0.1, 0.15) is 57.7 Å². The number of urea groups is 1. The highest BCUT2D eigenvalue weighted by Gasteiger charge is 2.51. The van der Waals surface area contributed by atoms with Gasteiger partial charge in [0, 0.05) is 24.8 Å². The van der Waals surface area contributed by atoms with Crippen LogP contribution in [0.5, 0.6) is 0 Å². The fourth-order valence-electron chi connectivity index (χ4n) is 4.39. The first kappa shape index (κ1) is 19.9. The number of aromatic nitrogens is 2. The first-order valence-electron chi connectivity index (χ1n) is 10.2. The summed E-state index contributed by atoms with van der Waals surface area (Å²) in [7, 11) is 0. The fourth-order valence-corrected chi connectivity index (χ4v) is 4.39. The van der Waals surface area contributed by atoms with Crippen LogP contribution in [-0.4, -0.2) is 45.2 Å². The number of imide groups is 1. The largest absolute Gasteiger partial charge is 0.323 e. The zero-order valence-electron chi connectivity index (χ0n) is 17.0. The van der Waals surface area contributed by atoms with E-state index in [-0.39, 0.29) is 17.9 Å². The van der Waals surface area contributed by atoms with Crippen molar-refractivity contribution in [1.82, 2.24) is 25.3 Å². The molecule has 3 rings (SSSR count). The van der Waals surface area contributed by atoms with Gasteiger partial charge in [0.05, 0.1) is 5.69 Å². The SMILES string of the molecule is CCn1cc(CN2CCC([C@]3(CCC(C)C)NC(=O)NC3=O)CC2)c(C)n1. The Morgan fingerprint density at radius 3 is 2.52 bits per heavy atom. The number of nitrogens with zero attached hydrogens (tertiary/aromatic N) is 3. The van der Waals surface area contributed by atoms with Crippen LogP contribution < -0.4 is 10.6 Å². The first-order chi connectivity index (χ1) is 12.8. The van der Waals surface area contributed by atoms with E-state index in [1.807, 2.05) is 4.68 Å². The highest BCUT2D eigenvalue weighted by atomic mass is 16.2. The van der Waals surface area contributed by atoms with Gasteiger partial charge in [-0.25, -0.2) is 4.79 Å². The number of nitrogens with one attached hydrogen (secondary N) is 2. The van der Waals surface area contributed by atoms with Crippen LogP contribution in [0, 0.1) is 18.8 Å². The Morgan fingerprint density at radius 1 is 1.30 bits per heavy atom. The average molecular weight is 376 g/mol. The van der Waals surface area contributed by atoms with Crippen molar-refractivity contribution < 1.29 is 9.59 Å². The van der Waals surface area contributed by atoms with Gasteiger partial charge < -0.3 is 5.32 Å². The van der Waals surface area contributed by atoms with Crippen LogP contribution in [0.3, 0.4) is 0 Å². The second-order valence-corrected chi connectivity index (χ2v) is 8.46. The molecule has 0 bridgehead atoms. The first-order valence-corrected chi connectivity index (χ1v) is 10.2. The number of hydrogen-bond acceptors (Lipinski definition) is 4. The molecule has 2 aliphatic rings. The number of likely N-dealkylation sites (tertiary alicyclic amines) is 1. The van der Waals surface area contributed by atoms with E-state index in [9.17, 15) is 9.59 Å². The molecule has 0 aromatic carbocycles. The molecule has 2 fully saturated rings. The monoisotopic (exact) mass is 375 g/mol. The molecular weight excluding hydrogens is 342 g/mol. The van der Waals surface area contributed by atoms with Crippen molar-refractivity contribution in [3.63, 3.8) is 0 Å². The van der Waals surface area contributed by atoms with E-state index in [1.54, 1.807) is 0 Å². The van der Waals surface area contributed by atoms with Crippen LogP contribution in [0.15, 0.2) is 6.20 Å². The summed E-state index contributed by atoms with van der Waals surface area (Å²) in [6.07, 6.45) is 5.63. The molecule has 0 spiro atoms. The third-order valence-corrected chi connectivity index (χ3v) is 6.14. The van der Waals surface area contributed by atoms with Gasteiger partial charge in [-0.1, -0.05) is 13.8 Å². The molecule has 1 aromatic rings. The number of rotatable bonds is 7. The van der Waals surface area contributed by atoms with Gasteiger partial charge in [0.1, 0.15) is 5.54 Å². The molecule has 2 saturated heterocycles. The smallest absolute Gasteiger partial charge is 0.322 e. The van der Waals surface area contributed by atoms with Gasteiger partial charge in [-0.15, -0.1) is 0 Å². The van der Waals surface area contributed by atoms with Gasteiger partial charge in [-0.2, -0.15) is 5.10 Å². The molecule has 1 aromatic heterocycles. The van der Waals surface area contributed by atoms with Gasteiger partial charge >= 0.3 is 6.03 Å². The van der Waals surface area contributed by atoms with E-state index in [1.165, 1.54) is 5.56 Å². The van der Waals surface area contributed by atoms with Crippen molar-refractivity contribution in [2.75, 3.05) is 13.1 Å².